The topological polar surface area (TPSA) is 48.4 Å². The van der Waals surface area contributed by atoms with Crippen LogP contribution in [0.25, 0.3) is 10.9 Å². The number of para-hydroxylation sites is 1. The van der Waals surface area contributed by atoms with Gasteiger partial charge in [0, 0.05) is 11.1 Å². The highest BCUT2D eigenvalue weighted by molar-refractivity contribution is 6.05. The van der Waals surface area contributed by atoms with Crippen molar-refractivity contribution < 1.29 is 14.3 Å². The number of rotatable bonds is 5. The molecule has 0 amide bonds. The summed E-state index contributed by atoms with van der Waals surface area (Å²) in [6.07, 6.45) is 2.86. The second kappa shape index (κ2) is 8.70. The number of nitrogens with zero attached hydrogens (tertiary/aromatic N) is 1. The van der Waals surface area contributed by atoms with E-state index >= 15 is 0 Å². The Morgan fingerprint density at radius 2 is 1.81 bits per heavy atom. The predicted molar refractivity (Wildman–Crippen MR) is 124 cm³/mol. The fourth-order valence-electron chi connectivity index (χ4n) is 4.36. The molecule has 4 nitrogen and oxygen atoms in total. The highest BCUT2D eigenvalue weighted by Gasteiger charge is 2.33. The lowest BCUT2D eigenvalue weighted by Gasteiger charge is -2.35. The molecule has 0 aliphatic heterocycles. The molecule has 1 heterocycles. The number of esters is 1. The predicted octanol–water partition coefficient (Wildman–Crippen LogP) is 5.93. The molecule has 1 unspecified atom stereocenters. The third-order valence-corrected chi connectivity index (χ3v) is 6.29. The summed E-state index contributed by atoms with van der Waals surface area (Å²) in [5.41, 5.74) is 5.02. The van der Waals surface area contributed by atoms with Gasteiger partial charge in [-0.05, 0) is 61.3 Å². The van der Waals surface area contributed by atoms with Crippen LogP contribution in [0.3, 0.4) is 0 Å². The Kier molecular flexibility index (Phi) is 5.99. The molecule has 0 fully saturated rings. The number of carbonyl (C=O) groups excluding carboxylic acids is 1. The number of hydrogen-bond acceptors (Lipinski definition) is 4. The maximum atomic E-state index is 13.2. The van der Waals surface area contributed by atoms with Crippen molar-refractivity contribution in [3.05, 3.63) is 70.9 Å². The largest absolute Gasteiger partial charge is 0.490 e. The lowest BCUT2D eigenvalue weighted by molar-refractivity contribution is 0.0450. The summed E-state index contributed by atoms with van der Waals surface area (Å²) in [6, 6.07) is 15.7. The number of benzene rings is 2. The molecule has 1 atom stereocenters. The Labute approximate surface area is 184 Å². The molecule has 0 bridgehead atoms. The van der Waals surface area contributed by atoms with E-state index in [4.69, 9.17) is 14.5 Å². The highest BCUT2D eigenvalue weighted by atomic mass is 16.6. The van der Waals surface area contributed by atoms with Crippen LogP contribution in [-0.2, 0) is 17.6 Å². The van der Waals surface area contributed by atoms with Gasteiger partial charge in [-0.2, -0.15) is 0 Å². The molecule has 3 aromatic rings. The van der Waals surface area contributed by atoms with E-state index in [2.05, 4.69) is 20.8 Å². The second-order valence-corrected chi connectivity index (χ2v) is 9.53. The minimum absolute atomic E-state index is 0.187. The van der Waals surface area contributed by atoms with Gasteiger partial charge in [0.2, 0.25) is 0 Å². The van der Waals surface area contributed by atoms with Crippen LogP contribution in [0.2, 0.25) is 0 Å². The fraction of sp³-hybridized carbons (Fsp3) is 0.407. The number of aromatic nitrogens is 1. The normalized spacial score (nSPS) is 16.1. The van der Waals surface area contributed by atoms with E-state index in [0.717, 1.165) is 47.2 Å². The molecule has 1 aliphatic rings. The van der Waals surface area contributed by atoms with Crippen molar-refractivity contribution in [3.63, 3.8) is 0 Å². The van der Waals surface area contributed by atoms with Gasteiger partial charge in [-0.1, -0.05) is 56.7 Å². The van der Waals surface area contributed by atoms with E-state index in [0.29, 0.717) is 18.1 Å². The van der Waals surface area contributed by atoms with Crippen molar-refractivity contribution in [3.8, 4) is 5.75 Å². The smallest absolute Gasteiger partial charge is 0.339 e. The van der Waals surface area contributed by atoms with Crippen molar-refractivity contribution >= 4 is 16.9 Å². The number of carbonyl (C=O) groups is 1. The zero-order valence-corrected chi connectivity index (χ0v) is 18.9. The Hall–Kier alpha value is -2.88. The zero-order chi connectivity index (χ0) is 22.0. The first-order valence-corrected chi connectivity index (χ1v) is 11.1. The van der Waals surface area contributed by atoms with Gasteiger partial charge in [0.25, 0.3) is 0 Å². The van der Waals surface area contributed by atoms with Crippen molar-refractivity contribution in [1.82, 2.24) is 4.98 Å². The third kappa shape index (κ3) is 4.73. The SMILES string of the molecule is Cc1ccc(OCCOC(=O)c2c3c(nc4ccccc24)CCC(C(C)(C)C)C3)cc1. The molecular weight excluding hydrogens is 386 g/mol. The molecule has 2 aromatic carbocycles. The number of ether oxygens (including phenoxy) is 2. The molecule has 0 saturated carbocycles. The lowest BCUT2D eigenvalue weighted by atomic mass is 9.70. The summed E-state index contributed by atoms with van der Waals surface area (Å²) in [5, 5.41) is 0.875. The Morgan fingerprint density at radius 3 is 2.55 bits per heavy atom. The average Bonchev–Trinajstić information content (AvgIpc) is 2.75. The van der Waals surface area contributed by atoms with E-state index in [-0.39, 0.29) is 18.0 Å². The van der Waals surface area contributed by atoms with Crippen molar-refractivity contribution in [2.75, 3.05) is 13.2 Å². The van der Waals surface area contributed by atoms with Crippen molar-refractivity contribution in [2.45, 2.75) is 47.0 Å². The molecule has 4 rings (SSSR count). The summed E-state index contributed by atoms with van der Waals surface area (Å²) in [4.78, 5) is 18.1. The molecule has 1 aromatic heterocycles. The zero-order valence-electron chi connectivity index (χ0n) is 18.9. The van der Waals surface area contributed by atoms with Gasteiger partial charge in [0.1, 0.15) is 19.0 Å². The van der Waals surface area contributed by atoms with Crippen LogP contribution in [0, 0.1) is 18.3 Å². The summed E-state index contributed by atoms with van der Waals surface area (Å²) in [7, 11) is 0. The van der Waals surface area contributed by atoms with Crippen LogP contribution in [0.1, 0.15) is 54.4 Å². The molecule has 0 N–H and O–H groups in total. The minimum atomic E-state index is -0.281. The van der Waals surface area contributed by atoms with Gasteiger partial charge < -0.3 is 9.47 Å². The van der Waals surface area contributed by atoms with E-state index in [1.54, 1.807) is 0 Å². The van der Waals surface area contributed by atoms with Crippen LogP contribution in [0.4, 0.5) is 0 Å². The fourth-order valence-corrected chi connectivity index (χ4v) is 4.36. The molecule has 0 radical (unpaired) electrons. The molecule has 31 heavy (non-hydrogen) atoms. The third-order valence-electron chi connectivity index (χ3n) is 6.29. The van der Waals surface area contributed by atoms with Gasteiger partial charge >= 0.3 is 5.97 Å². The van der Waals surface area contributed by atoms with Crippen LogP contribution in [-0.4, -0.2) is 24.2 Å². The minimum Gasteiger partial charge on any atom is -0.490 e. The second-order valence-electron chi connectivity index (χ2n) is 9.53. The molecule has 0 saturated heterocycles. The summed E-state index contributed by atoms with van der Waals surface area (Å²) >= 11 is 0. The first-order valence-electron chi connectivity index (χ1n) is 11.1. The maximum absolute atomic E-state index is 13.2. The molecular formula is C27H31NO3. The van der Waals surface area contributed by atoms with Crippen LogP contribution in [0.5, 0.6) is 5.75 Å². The van der Waals surface area contributed by atoms with Gasteiger partial charge in [0.15, 0.2) is 0 Å². The maximum Gasteiger partial charge on any atom is 0.339 e. The average molecular weight is 418 g/mol. The van der Waals surface area contributed by atoms with E-state index < -0.39 is 0 Å². The number of pyridine rings is 1. The molecule has 4 heteroatoms. The van der Waals surface area contributed by atoms with E-state index in [1.165, 1.54) is 5.56 Å². The monoisotopic (exact) mass is 417 g/mol. The number of fused-ring (bicyclic) bond motifs is 2. The number of aryl methyl sites for hydroxylation is 2. The first kappa shape index (κ1) is 21.4. The lowest BCUT2D eigenvalue weighted by Crippen LogP contribution is -2.29. The standard InChI is InChI=1S/C27H31NO3/c1-18-9-12-20(13-10-18)30-15-16-31-26(29)25-21-7-5-6-8-23(21)28-24-14-11-19(17-22(24)25)27(2,3)4/h5-10,12-13,19H,11,14-17H2,1-4H3. The summed E-state index contributed by atoms with van der Waals surface area (Å²) in [5.74, 6) is 1.01. The van der Waals surface area contributed by atoms with E-state index in [1.807, 2.05) is 55.5 Å². The summed E-state index contributed by atoms with van der Waals surface area (Å²) in [6.45, 7) is 9.40. The molecule has 162 valence electrons. The Morgan fingerprint density at radius 1 is 1.06 bits per heavy atom. The molecule has 0 spiro atoms. The van der Waals surface area contributed by atoms with Gasteiger partial charge in [-0.25, -0.2) is 4.79 Å². The van der Waals surface area contributed by atoms with Gasteiger partial charge in [-0.15, -0.1) is 0 Å². The Bertz CT molecular complexity index is 1080. The van der Waals surface area contributed by atoms with Crippen LogP contribution in [0.15, 0.2) is 48.5 Å². The van der Waals surface area contributed by atoms with Crippen molar-refractivity contribution in [1.29, 1.82) is 0 Å². The van der Waals surface area contributed by atoms with Crippen LogP contribution < -0.4 is 4.74 Å². The van der Waals surface area contributed by atoms with Gasteiger partial charge in [0.05, 0.1) is 11.1 Å². The quantitative estimate of drug-likeness (QED) is 0.381. The van der Waals surface area contributed by atoms with Crippen molar-refractivity contribution in [2.24, 2.45) is 11.3 Å². The summed E-state index contributed by atoms with van der Waals surface area (Å²) < 4.78 is 11.4. The van der Waals surface area contributed by atoms with E-state index in [9.17, 15) is 4.79 Å². The first-order chi connectivity index (χ1) is 14.8. The highest BCUT2D eigenvalue weighted by Crippen LogP contribution is 2.39. The number of hydrogen-bond donors (Lipinski definition) is 0. The van der Waals surface area contributed by atoms with Crippen LogP contribution >= 0.6 is 0 Å². The molecule has 1 aliphatic carbocycles. The Balaban J connectivity index is 1.55. The van der Waals surface area contributed by atoms with Gasteiger partial charge in [-0.3, -0.25) is 4.98 Å².